The molecule has 0 spiro atoms. The molecule has 3 aromatic rings. The van der Waals surface area contributed by atoms with Crippen LogP contribution in [0.25, 0.3) is 16.9 Å². The lowest BCUT2D eigenvalue weighted by molar-refractivity contribution is -0.134. The van der Waals surface area contributed by atoms with Crippen LogP contribution in [0.2, 0.25) is 0 Å². The van der Waals surface area contributed by atoms with Gasteiger partial charge in [-0.15, -0.1) is 0 Å². The van der Waals surface area contributed by atoms with Crippen molar-refractivity contribution in [3.05, 3.63) is 54.1 Å². The first-order valence-electron chi connectivity index (χ1n) is 10.3. The molecule has 2 N–H and O–H groups in total. The van der Waals surface area contributed by atoms with Crippen LogP contribution in [0.1, 0.15) is 33.8 Å². The van der Waals surface area contributed by atoms with Gasteiger partial charge in [0, 0.05) is 32.1 Å². The van der Waals surface area contributed by atoms with Gasteiger partial charge in [0.1, 0.15) is 12.0 Å². The molecule has 1 aromatic carbocycles. The van der Waals surface area contributed by atoms with Crippen molar-refractivity contribution in [2.24, 2.45) is 11.7 Å². The van der Waals surface area contributed by atoms with Crippen LogP contribution in [0.5, 0.6) is 0 Å². The van der Waals surface area contributed by atoms with E-state index < -0.39 is 5.91 Å². The fourth-order valence-corrected chi connectivity index (χ4v) is 3.97. The fourth-order valence-electron chi connectivity index (χ4n) is 3.97. The maximum Gasteiger partial charge on any atom is 0.272 e. The van der Waals surface area contributed by atoms with Gasteiger partial charge in [0.15, 0.2) is 11.3 Å². The van der Waals surface area contributed by atoms with Crippen molar-refractivity contribution in [1.29, 1.82) is 0 Å². The zero-order valence-corrected chi connectivity index (χ0v) is 16.9. The zero-order chi connectivity index (χ0) is 21.5. The number of aromatic nitrogens is 3. The zero-order valence-electron chi connectivity index (χ0n) is 16.9. The molecule has 158 valence electrons. The molecular weight excluding hydrogens is 396 g/mol. The Hall–Kier alpha value is -3.75. The van der Waals surface area contributed by atoms with Crippen LogP contribution < -0.4 is 5.73 Å². The Morgan fingerprint density at radius 2 is 1.65 bits per heavy atom. The summed E-state index contributed by atoms with van der Waals surface area (Å²) in [6, 6.07) is 11.2. The van der Waals surface area contributed by atoms with E-state index in [0.717, 1.165) is 18.4 Å². The smallest absolute Gasteiger partial charge is 0.272 e. The summed E-state index contributed by atoms with van der Waals surface area (Å²) in [4.78, 5) is 49.5. The molecule has 5 rings (SSSR count). The molecule has 0 unspecified atom stereocenters. The summed E-state index contributed by atoms with van der Waals surface area (Å²) in [6.07, 6.45) is 3.43. The highest BCUT2D eigenvalue weighted by atomic mass is 16.2. The topological polar surface area (TPSA) is 114 Å². The molecule has 1 aliphatic carbocycles. The fraction of sp³-hybridized carbons (Fsp3) is 0.318. The monoisotopic (exact) mass is 418 g/mol. The second-order valence-corrected chi connectivity index (χ2v) is 7.94. The minimum atomic E-state index is -0.703. The highest BCUT2D eigenvalue weighted by Crippen LogP contribution is 2.31. The molecule has 2 aliphatic rings. The van der Waals surface area contributed by atoms with Crippen molar-refractivity contribution >= 4 is 23.4 Å². The maximum absolute atomic E-state index is 13.3. The van der Waals surface area contributed by atoms with Gasteiger partial charge in [0.2, 0.25) is 5.91 Å². The molecule has 0 atom stereocenters. The van der Waals surface area contributed by atoms with Gasteiger partial charge in [-0.1, -0.05) is 30.3 Å². The van der Waals surface area contributed by atoms with Gasteiger partial charge < -0.3 is 15.5 Å². The molecule has 31 heavy (non-hydrogen) atoms. The molecular formula is C22H22N6O3. The molecule has 0 radical (unpaired) electrons. The van der Waals surface area contributed by atoms with E-state index in [1.54, 1.807) is 15.4 Å². The summed E-state index contributed by atoms with van der Waals surface area (Å²) in [6.45, 7) is 1.95. The number of nitrogens with two attached hydrogens (primary N) is 1. The number of hydrogen-bond acceptors (Lipinski definition) is 5. The van der Waals surface area contributed by atoms with Gasteiger partial charge in [-0.2, -0.15) is 0 Å². The number of amides is 3. The van der Waals surface area contributed by atoms with Gasteiger partial charge in [-0.25, -0.2) is 9.97 Å². The summed E-state index contributed by atoms with van der Waals surface area (Å²) in [7, 11) is 0. The number of nitrogens with zero attached hydrogens (tertiary/aromatic N) is 5. The number of rotatable bonds is 4. The second-order valence-electron chi connectivity index (χ2n) is 7.94. The van der Waals surface area contributed by atoms with E-state index in [1.165, 1.54) is 6.33 Å². The van der Waals surface area contributed by atoms with Crippen molar-refractivity contribution in [2.75, 3.05) is 26.2 Å². The third-order valence-corrected chi connectivity index (χ3v) is 5.83. The average Bonchev–Trinajstić information content (AvgIpc) is 3.56. The first kappa shape index (κ1) is 19.2. The van der Waals surface area contributed by atoms with E-state index in [0.29, 0.717) is 31.9 Å². The first-order chi connectivity index (χ1) is 15.0. The normalized spacial score (nSPS) is 16.5. The van der Waals surface area contributed by atoms with Crippen LogP contribution in [-0.4, -0.2) is 68.1 Å². The van der Waals surface area contributed by atoms with Gasteiger partial charge in [-0.05, 0) is 24.5 Å². The molecule has 1 saturated heterocycles. The van der Waals surface area contributed by atoms with Crippen LogP contribution in [0.3, 0.4) is 0 Å². The molecule has 1 aliphatic heterocycles. The number of carbonyl (C=O) groups excluding carboxylic acids is 3. The van der Waals surface area contributed by atoms with Crippen LogP contribution >= 0.6 is 0 Å². The van der Waals surface area contributed by atoms with Crippen LogP contribution in [0.15, 0.2) is 42.7 Å². The lowest BCUT2D eigenvalue weighted by Gasteiger charge is -2.34. The molecule has 2 fully saturated rings. The predicted octanol–water partition coefficient (Wildman–Crippen LogP) is 1.19. The van der Waals surface area contributed by atoms with Crippen LogP contribution in [0.4, 0.5) is 0 Å². The third kappa shape index (κ3) is 3.52. The lowest BCUT2D eigenvalue weighted by atomic mass is 10.1. The number of fused-ring (bicyclic) bond motifs is 1. The molecule has 3 amide bonds. The Morgan fingerprint density at radius 1 is 0.968 bits per heavy atom. The first-order valence-corrected chi connectivity index (χ1v) is 10.3. The summed E-state index contributed by atoms with van der Waals surface area (Å²) < 4.78 is 1.67. The maximum atomic E-state index is 13.3. The van der Waals surface area contributed by atoms with E-state index >= 15 is 0 Å². The average molecular weight is 418 g/mol. The van der Waals surface area contributed by atoms with Gasteiger partial charge in [0.25, 0.3) is 11.8 Å². The van der Waals surface area contributed by atoms with E-state index in [2.05, 4.69) is 9.97 Å². The Bertz CT molecular complexity index is 1180. The van der Waals surface area contributed by atoms with Gasteiger partial charge >= 0.3 is 0 Å². The van der Waals surface area contributed by atoms with Crippen molar-refractivity contribution in [3.63, 3.8) is 0 Å². The number of primary amides is 1. The second kappa shape index (κ2) is 7.50. The van der Waals surface area contributed by atoms with Gasteiger partial charge in [-0.3, -0.25) is 18.8 Å². The summed E-state index contributed by atoms with van der Waals surface area (Å²) >= 11 is 0. The Labute approximate surface area is 178 Å². The van der Waals surface area contributed by atoms with E-state index in [4.69, 9.17) is 5.73 Å². The number of imidazole rings is 1. The molecule has 9 nitrogen and oxygen atoms in total. The minimum Gasteiger partial charge on any atom is -0.364 e. The van der Waals surface area contributed by atoms with Crippen molar-refractivity contribution in [1.82, 2.24) is 24.2 Å². The lowest BCUT2D eigenvalue weighted by Crippen LogP contribution is -2.51. The third-order valence-electron chi connectivity index (χ3n) is 5.83. The number of carbonyl (C=O) groups is 3. The largest absolute Gasteiger partial charge is 0.364 e. The summed E-state index contributed by atoms with van der Waals surface area (Å²) in [5.41, 5.74) is 7.51. The molecule has 9 heteroatoms. The number of hydrogen-bond donors (Lipinski definition) is 1. The van der Waals surface area contributed by atoms with E-state index in [9.17, 15) is 14.4 Å². The van der Waals surface area contributed by atoms with E-state index in [1.807, 2.05) is 35.2 Å². The predicted molar refractivity (Wildman–Crippen MR) is 112 cm³/mol. The van der Waals surface area contributed by atoms with Gasteiger partial charge in [0.05, 0.1) is 5.69 Å². The minimum absolute atomic E-state index is 0.0201. The molecule has 3 heterocycles. The van der Waals surface area contributed by atoms with Crippen molar-refractivity contribution in [3.8, 4) is 11.3 Å². The van der Waals surface area contributed by atoms with Crippen LogP contribution in [0, 0.1) is 5.92 Å². The number of piperazine rings is 1. The standard InChI is InChI=1S/C22H22N6O3/c23-19(29)18-20-25-16(12-17(28(20)13-24-18)14-4-2-1-3-5-14)22(31)27-10-8-26(9-11-27)21(30)15-6-7-15/h1-5,12-13,15H,6-11H2,(H2,23,29). The Morgan fingerprint density at radius 3 is 2.29 bits per heavy atom. The quantitative estimate of drug-likeness (QED) is 0.684. The highest BCUT2D eigenvalue weighted by Gasteiger charge is 2.35. The van der Waals surface area contributed by atoms with Crippen molar-refractivity contribution in [2.45, 2.75) is 12.8 Å². The Balaban J connectivity index is 1.48. The Kier molecular flexibility index (Phi) is 4.65. The SMILES string of the molecule is NC(=O)c1ncn2c(-c3ccccc3)cc(C(=O)N3CCN(C(=O)C4CC4)CC3)nc12. The molecule has 0 bridgehead atoms. The number of benzene rings is 1. The molecule has 2 aromatic heterocycles. The van der Waals surface area contributed by atoms with E-state index in [-0.39, 0.29) is 34.8 Å². The highest BCUT2D eigenvalue weighted by molar-refractivity contribution is 5.99. The summed E-state index contributed by atoms with van der Waals surface area (Å²) in [5, 5.41) is 0. The summed E-state index contributed by atoms with van der Waals surface area (Å²) in [5.74, 6) is -0.571. The van der Waals surface area contributed by atoms with Crippen molar-refractivity contribution < 1.29 is 14.4 Å². The van der Waals surface area contributed by atoms with Crippen LogP contribution in [-0.2, 0) is 4.79 Å². The molecule has 1 saturated carbocycles.